The summed E-state index contributed by atoms with van der Waals surface area (Å²) >= 11 is 0. The first-order chi connectivity index (χ1) is 13.5. The molecule has 4 rings (SSSR count). The summed E-state index contributed by atoms with van der Waals surface area (Å²) in [6, 6.07) is 7.30. The third-order valence-corrected chi connectivity index (χ3v) is 6.29. The maximum Gasteiger partial charge on any atom is 0.330 e. The Bertz CT molecular complexity index is 804. The molecule has 2 aliphatic rings. The zero-order valence-corrected chi connectivity index (χ0v) is 19.6. The smallest absolute Gasteiger partial charge is 0.330 e. The molecular formula is C22H32IN3O3. The lowest BCUT2D eigenvalue weighted by Gasteiger charge is -2.37. The second kappa shape index (κ2) is 9.75. The molecular weight excluding hydrogens is 481 g/mol. The van der Waals surface area contributed by atoms with Gasteiger partial charge in [0.25, 0.3) is 0 Å². The molecule has 0 spiro atoms. The molecule has 2 aliphatic heterocycles. The van der Waals surface area contributed by atoms with Crippen LogP contribution in [-0.2, 0) is 9.53 Å². The fourth-order valence-electron chi connectivity index (χ4n) is 4.48. The molecule has 3 heterocycles. The van der Waals surface area contributed by atoms with E-state index in [1.165, 1.54) is 12.8 Å². The lowest BCUT2D eigenvalue weighted by molar-refractivity contribution is -0.896. The molecule has 2 aromatic rings. The quantitative estimate of drug-likeness (QED) is 0.340. The molecule has 7 heteroatoms. The van der Waals surface area contributed by atoms with Gasteiger partial charge in [-0.15, -0.1) is 0 Å². The van der Waals surface area contributed by atoms with E-state index < -0.39 is 6.04 Å². The highest BCUT2D eigenvalue weighted by molar-refractivity contribution is 5.87. The van der Waals surface area contributed by atoms with E-state index in [-0.39, 0.29) is 36.0 Å². The van der Waals surface area contributed by atoms with Gasteiger partial charge >= 0.3 is 5.97 Å². The number of esters is 1. The van der Waals surface area contributed by atoms with Crippen LogP contribution in [0.1, 0.15) is 50.3 Å². The summed E-state index contributed by atoms with van der Waals surface area (Å²) in [5.41, 5.74) is 1.43. The first-order valence-electron chi connectivity index (χ1n) is 10.6. The van der Waals surface area contributed by atoms with Gasteiger partial charge in [-0.25, -0.2) is 4.79 Å². The van der Waals surface area contributed by atoms with Gasteiger partial charge in [0.1, 0.15) is 11.8 Å². The van der Waals surface area contributed by atoms with Crippen LogP contribution in [-0.4, -0.2) is 66.9 Å². The molecule has 1 aromatic carbocycles. The van der Waals surface area contributed by atoms with Gasteiger partial charge in [-0.1, -0.05) is 30.1 Å². The Morgan fingerprint density at radius 1 is 1.14 bits per heavy atom. The molecule has 0 saturated carbocycles. The maximum absolute atomic E-state index is 13.4. The average molecular weight is 513 g/mol. The highest BCUT2D eigenvalue weighted by Gasteiger charge is 2.36. The summed E-state index contributed by atoms with van der Waals surface area (Å²) in [6.07, 6.45) is 6.49. The van der Waals surface area contributed by atoms with Gasteiger partial charge in [0.2, 0.25) is 0 Å². The van der Waals surface area contributed by atoms with Crippen LogP contribution in [0.2, 0.25) is 0 Å². The number of piperidine rings is 1. The number of hydrogen-bond acceptors (Lipinski definition) is 5. The van der Waals surface area contributed by atoms with Gasteiger partial charge in [0, 0.05) is 18.2 Å². The number of ether oxygens (including phenoxy) is 1. The van der Waals surface area contributed by atoms with Gasteiger partial charge in [-0.05, 0) is 38.1 Å². The van der Waals surface area contributed by atoms with Crippen LogP contribution in [0.5, 0.6) is 0 Å². The van der Waals surface area contributed by atoms with Crippen LogP contribution in [0.15, 0.2) is 28.8 Å². The van der Waals surface area contributed by atoms with Crippen LogP contribution >= 0.6 is 0 Å². The third kappa shape index (κ3) is 5.30. The third-order valence-electron chi connectivity index (χ3n) is 6.29. The number of hydrogen-bond donors (Lipinski definition) is 0. The predicted molar refractivity (Wildman–Crippen MR) is 108 cm³/mol. The van der Waals surface area contributed by atoms with Gasteiger partial charge in [-0.2, -0.15) is 0 Å². The molecule has 160 valence electrons. The van der Waals surface area contributed by atoms with E-state index >= 15 is 0 Å². The van der Waals surface area contributed by atoms with Crippen molar-refractivity contribution in [1.82, 2.24) is 10.1 Å². The Kier molecular flexibility index (Phi) is 7.56. The topological polar surface area (TPSA) is 55.6 Å². The highest BCUT2D eigenvalue weighted by atomic mass is 127. The Morgan fingerprint density at radius 2 is 1.79 bits per heavy atom. The second-order valence-corrected chi connectivity index (χ2v) is 8.94. The number of fused-ring (bicyclic) bond motifs is 1. The fraction of sp³-hybridized carbons (Fsp3) is 0.636. The summed E-state index contributed by atoms with van der Waals surface area (Å²) in [6.45, 7) is 3.88. The van der Waals surface area contributed by atoms with Crippen LogP contribution in [0.3, 0.4) is 0 Å². The van der Waals surface area contributed by atoms with Crippen molar-refractivity contribution in [3.63, 3.8) is 0 Å². The first-order valence-corrected chi connectivity index (χ1v) is 10.6. The van der Waals surface area contributed by atoms with Crippen LogP contribution in [0.4, 0.5) is 0 Å². The lowest BCUT2D eigenvalue weighted by atomic mass is 10.0. The van der Waals surface area contributed by atoms with E-state index in [2.05, 4.69) is 24.2 Å². The van der Waals surface area contributed by atoms with E-state index in [0.29, 0.717) is 5.69 Å². The van der Waals surface area contributed by atoms with Crippen molar-refractivity contribution in [2.24, 2.45) is 0 Å². The van der Waals surface area contributed by atoms with E-state index in [1.54, 1.807) is 0 Å². The molecule has 1 atom stereocenters. The number of benzene rings is 1. The van der Waals surface area contributed by atoms with Crippen LogP contribution in [0.25, 0.3) is 11.0 Å². The Labute approximate surface area is 190 Å². The van der Waals surface area contributed by atoms with Crippen LogP contribution in [0, 0.1) is 0 Å². The van der Waals surface area contributed by atoms with Gasteiger partial charge < -0.3 is 37.7 Å². The summed E-state index contributed by atoms with van der Waals surface area (Å²) in [4.78, 5) is 15.6. The van der Waals surface area contributed by atoms with Crippen LogP contribution < -0.4 is 24.0 Å². The largest absolute Gasteiger partial charge is 1.00 e. The molecule has 1 unspecified atom stereocenters. The Hall–Kier alpha value is -1.19. The number of quaternary nitrogens is 1. The lowest BCUT2D eigenvalue weighted by Crippen LogP contribution is -3.00. The van der Waals surface area contributed by atoms with Crippen molar-refractivity contribution < 1.29 is 42.5 Å². The Balaban J connectivity index is 0.00000240. The molecule has 0 N–H and O–H groups in total. The molecule has 6 nitrogen and oxygen atoms in total. The molecule has 1 aromatic heterocycles. The van der Waals surface area contributed by atoms with Crippen molar-refractivity contribution in [1.29, 1.82) is 0 Å². The van der Waals surface area contributed by atoms with Crippen molar-refractivity contribution in [3.8, 4) is 0 Å². The minimum Gasteiger partial charge on any atom is -1.00 e. The molecule has 0 radical (unpaired) electrons. The minimum absolute atomic E-state index is 0. The van der Waals surface area contributed by atoms with E-state index in [4.69, 9.17) is 9.26 Å². The SMILES string of the molecule is C[N+]1(C)CCC(OC(=O)C(c2noc3ccccc23)N2CCCCCC2)CC1.[I-]. The standard InChI is InChI=1S/C22H32N3O3.HI/c1-25(2)15-11-17(12-16-25)27-22(26)21(24-13-7-3-4-8-14-24)20-18-9-5-6-10-19(18)28-23-20;/h5-6,9-10,17,21H,3-4,7-8,11-16H2,1-2H3;1H/q+1;/p-1. The molecule has 2 saturated heterocycles. The number of para-hydroxylation sites is 1. The van der Waals surface area contributed by atoms with Crippen molar-refractivity contribution in [2.75, 3.05) is 40.3 Å². The van der Waals surface area contributed by atoms with Crippen molar-refractivity contribution in [3.05, 3.63) is 30.0 Å². The molecule has 2 fully saturated rings. The summed E-state index contributed by atoms with van der Waals surface area (Å²) < 4.78 is 12.6. The number of carbonyl (C=O) groups is 1. The average Bonchev–Trinajstić information content (AvgIpc) is 2.91. The molecule has 0 bridgehead atoms. The monoisotopic (exact) mass is 513 g/mol. The summed E-state index contributed by atoms with van der Waals surface area (Å²) in [5.74, 6) is -0.168. The first kappa shape index (κ1) is 22.5. The predicted octanol–water partition coefficient (Wildman–Crippen LogP) is 0.531. The van der Waals surface area contributed by atoms with Gasteiger partial charge in [0.15, 0.2) is 11.6 Å². The van der Waals surface area contributed by atoms with Crippen molar-refractivity contribution >= 4 is 16.9 Å². The summed E-state index contributed by atoms with van der Waals surface area (Å²) in [7, 11) is 4.47. The number of carbonyl (C=O) groups excluding carboxylic acids is 1. The second-order valence-electron chi connectivity index (χ2n) is 8.94. The zero-order valence-electron chi connectivity index (χ0n) is 17.5. The van der Waals surface area contributed by atoms with Gasteiger partial charge in [-0.3, -0.25) is 4.90 Å². The van der Waals surface area contributed by atoms with E-state index in [0.717, 1.165) is 67.3 Å². The number of likely N-dealkylation sites (tertiary alicyclic amines) is 2. The molecule has 0 aliphatic carbocycles. The van der Waals surface area contributed by atoms with E-state index in [9.17, 15) is 4.79 Å². The number of aromatic nitrogens is 1. The summed E-state index contributed by atoms with van der Waals surface area (Å²) in [5, 5.41) is 5.23. The molecule has 0 amide bonds. The Morgan fingerprint density at radius 3 is 2.48 bits per heavy atom. The highest BCUT2D eigenvalue weighted by Crippen LogP contribution is 2.31. The normalized spacial score (nSPS) is 21.9. The molecule has 29 heavy (non-hydrogen) atoms. The number of rotatable bonds is 4. The zero-order chi connectivity index (χ0) is 19.6. The van der Waals surface area contributed by atoms with E-state index in [1.807, 2.05) is 24.3 Å². The number of nitrogens with zero attached hydrogens (tertiary/aromatic N) is 3. The number of halogens is 1. The van der Waals surface area contributed by atoms with Crippen molar-refractivity contribution in [2.45, 2.75) is 50.7 Å². The minimum atomic E-state index is -0.480. The van der Waals surface area contributed by atoms with Gasteiger partial charge in [0.05, 0.1) is 27.2 Å². The maximum atomic E-state index is 13.4. The fourth-order valence-corrected chi connectivity index (χ4v) is 4.48.